The number of nitrogen functional groups attached to an aromatic ring is 1. The number of nitrogens with zero attached hydrogens (tertiary/aromatic N) is 2. The van der Waals surface area contributed by atoms with Crippen molar-refractivity contribution in [3.63, 3.8) is 0 Å². The van der Waals surface area contributed by atoms with Gasteiger partial charge in [-0.15, -0.1) is 0 Å². The van der Waals surface area contributed by atoms with E-state index in [9.17, 15) is 4.79 Å². The van der Waals surface area contributed by atoms with Crippen molar-refractivity contribution in [3.05, 3.63) is 5.82 Å². The maximum atomic E-state index is 10.3. The van der Waals surface area contributed by atoms with Crippen molar-refractivity contribution < 1.29 is 9.90 Å². The summed E-state index contributed by atoms with van der Waals surface area (Å²) in [6.45, 7) is 0. The molecule has 1 unspecified atom stereocenters. The SMILES string of the molecule is Nc1nc(C(Br)C(=O)O)ns1. The Balaban J connectivity index is 2.84. The molecule has 60 valence electrons. The number of anilines is 1. The van der Waals surface area contributed by atoms with Crippen LogP contribution < -0.4 is 5.73 Å². The quantitative estimate of drug-likeness (QED) is 0.738. The number of carbonyl (C=O) groups is 1. The topological polar surface area (TPSA) is 89.1 Å². The first-order valence-electron chi connectivity index (χ1n) is 2.57. The minimum atomic E-state index is -1.03. The lowest BCUT2D eigenvalue weighted by Gasteiger charge is -1.95. The van der Waals surface area contributed by atoms with Crippen molar-refractivity contribution in [1.29, 1.82) is 0 Å². The predicted molar refractivity (Wildman–Crippen MR) is 43.6 cm³/mol. The predicted octanol–water partition coefficient (Wildman–Crippen LogP) is 0.641. The molecule has 1 aromatic heterocycles. The molecular formula is C4H4BrN3O2S. The van der Waals surface area contributed by atoms with Gasteiger partial charge in [-0.25, -0.2) is 4.98 Å². The van der Waals surface area contributed by atoms with Gasteiger partial charge in [0.2, 0.25) is 0 Å². The van der Waals surface area contributed by atoms with Crippen LogP contribution in [-0.4, -0.2) is 20.4 Å². The lowest BCUT2D eigenvalue weighted by atomic mass is 10.4. The van der Waals surface area contributed by atoms with Crippen LogP contribution in [0.2, 0.25) is 0 Å². The van der Waals surface area contributed by atoms with Crippen molar-refractivity contribution in [2.45, 2.75) is 4.83 Å². The van der Waals surface area contributed by atoms with E-state index < -0.39 is 10.8 Å². The van der Waals surface area contributed by atoms with Crippen LogP contribution in [0, 0.1) is 0 Å². The van der Waals surface area contributed by atoms with Gasteiger partial charge < -0.3 is 10.8 Å². The zero-order chi connectivity index (χ0) is 8.43. The van der Waals surface area contributed by atoms with E-state index in [0.29, 0.717) is 0 Å². The third kappa shape index (κ3) is 1.87. The molecule has 0 bridgehead atoms. The second kappa shape index (κ2) is 3.14. The van der Waals surface area contributed by atoms with Crippen LogP contribution in [0.1, 0.15) is 10.7 Å². The van der Waals surface area contributed by atoms with E-state index in [1.165, 1.54) is 0 Å². The molecule has 1 rings (SSSR count). The van der Waals surface area contributed by atoms with Crippen molar-refractivity contribution in [2.24, 2.45) is 0 Å². The highest BCUT2D eigenvalue weighted by Crippen LogP contribution is 2.21. The number of hydrogen-bond acceptors (Lipinski definition) is 5. The number of hydrogen-bond donors (Lipinski definition) is 2. The molecule has 0 aliphatic carbocycles. The standard InChI is InChI=1S/C4H4BrN3O2S/c5-1(3(9)10)2-7-4(6)11-8-2/h1H,(H,9,10)(H2,6,7,8). The monoisotopic (exact) mass is 237 g/mol. The highest BCUT2D eigenvalue weighted by Gasteiger charge is 2.20. The lowest BCUT2D eigenvalue weighted by Crippen LogP contribution is -2.05. The van der Waals surface area contributed by atoms with E-state index in [-0.39, 0.29) is 11.0 Å². The van der Waals surface area contributed by atoms with Gasteiger partial charge in [0.25, 0.3) is 0 Å². The summed E-state index contributed by atoms with van der Waals surface area (Å²) in [4.78, 5) is 13.2. The van der Waals surface area contributed by atoms with Gasteiger partial charge >= 0.3 is 5.97 Å². The minimum absolute atomic E-state index is 0.194. The summed E-state index contributed by atoms with van der Waals surface area (Å²) in [5, 5.41) is 8.75. The summed E-state index contributed by atoms with van der Waals surface area (Å²) in [7, 11) is 0. The molecule has 1 aromatic rings. The average Bonchev–Trinajstić information content (AvgIpc) is 2.34. The van der Waals surface area contributed by atoms with E-state index in [1.807, 2.05) is 0 Å². The van der Waals surface area contributed by atoms with Crippen molar-refractivity contribution in [1.82, 2.24) is 9.36 Å². The Bertz CT molecular complexity index is 276. The van der Waals surface area contributed by atoms with Crippen molar-refractivity contribution in [2.75, 3.05) is 5.73 Å². The molecule has 0 radical (unpaired) electrons. The Kier molecular flexibility index (Phi) is 2.40. The van der Waals surface area contributed by atoms with Gasteiger partial charge in [-0.05, 0) is 0 Å². The van der Waals surface area contributed by atoms with E-state index >= 15 is 0 Å². The highest BCUT2D eigenvalue weighted by atomic mass is 79.9. The molecule has 0 saturated carbocycles. The fourth-order valence-electron chi connectivity index (χ4n) is 0.461. The van der Waals surface area contributed by atoms with Gasteiger partial charge in [-0.1, -0.05) is 15.9 Å². The molecule has 1 heterocycles. The highest BCUT2D eigenvalue weighted by molar-refractivity contribution is 9.09. The third-order valence-electron chi connectivity index (χ3n) is 0.901. The van der Waals surface area contributed by atoms with Crippen LogP contribution in [-0.2, 0) is 4.79 Å². The van der Waals surface area contributed by atoms with Crippen LogP contribution in [0.25, 0.3) is 0 Å². The second-order valence-corrected chi connectivity index (χ2v) is 3.39. The van der Waals surface area contributed by atoms with Crippen molar-refractivity contribution >= 4 is 38.6 Å². The van der Waals surface area contributed by atoms with Gasteiger partial charge in [0.15, 0.2) is 15.8 Å². The number of halogens is 1. The van der Waals surface area contributed by atoms with Crippen LogP contribution in [0.15, 0.2) is 0 Å². The molecule has 11 heavy (non-hydrogen) atoms. The van der Waals surface area contributed by atoms with Crippen LogP contribution in [0.5, 0.6) is 0 Å². The first-order valence-corrected chi connectivity index (χ1v) is 4.26. The Morgan fingerprint density at radius 3 is 2.82 bits per heavy atom. The zero-order valence-electron chi connectivity index (χ0n) is 5.19. The van der Waals surface area contributed by atoms with Gasteiger partial charge in [0.1, 0.15) is 0 Å². The van der Waals surface area contributed by atoms with E-state index in [0.717, 1.165) is 11.5 Å². The summed E-state index contributed by atoms with van der Waals surface area (Å²) in [5.41, 5.74) is 5.25. The Morgan fingerprint density at radius 1 is 1.82 bits per heavy atom. The summed E-state index contributed by atoms with van der Waals surface area (Å²) in [5.74, 6) is -0.831. The Labute approximate surface area is 74.5 Å². The fraction of sp³-hybridized carbons (Fsp3) is 0.250. The van der Waals surface area contributed by atoms with Gasteiger partial charge in [-0.3, -0.25) is 4.79 Å². The summed E-state index contributed by atoms with van der Waals surface area (Å²) in [6, 6.07) is 0. The summed E-state index contributed by atoms with van der Waals surface area (Å²) in [6.07, 6.45) is 0. The van der Waals surface area contributed by atoms with Gasteiger partial charge in [0, 0.05) is 11.5 Å². The van der Waals surface area contributed by atoms with Crippen LogP contribution >= 0.6 is 27.5 Å². The molecule has 0 aliphatic rings. The molecule has 0 amide bonds. The number of aliphatic carboxylic acids is 1. The van der Waals surface area contributed by atoms with Crippen molar-refractivity contribution in [3.8, 4) is 0 Å². The third-order valence-corrected chi connectivity index (χ3v) is 2.26. The second-order valence-electron chi connectivity index (χ2n) is 1.69. The molecule has 3 N–H and O–H groups in total. The first-order chi connectivity index (χ1) is 5.11. The number of carboxylic acids is 1. The van der Waals surface area contributed by atoms with Gasteiger partial charge in [-0.2, -0.15) is 4.37 Å². The Hall–Kier alpha value is -0.690. The zero-order valence-corrected chi connectivity index (χ0v) is 7.59. The normalized spacial score (nSPS) is 12.8. The van der Waals surface area contributed by atoms with E-state index in [2.05, 4.69) is 25.3 Å². The molecule has 5 nitrogen and oxygen atoms in total. The lowest BCUT2D eigenvalue weighted by molar-refractivity contribution is -0.136. The first kappa shape index (κ1) is 8.41. The molecule has 0 fully saturated rings. The summed E-state index contributed by atoms with van der Waals surface area (Å²) < 4.78 is 3.71. The molecule has 0 saturated heterocycles. The number of nitrogens with two attached hydrogens (primary N) is 1. The molecule has 1 atom stereocenters. The number of rotatable bonds is 2. The average molecular weight is 238 g/mol. The largest absolute Gasteiger partial charge is 0.480 e. The number of carboxylic acid groups (broad SMARTS) is 1. The minimum Gasteiger partial charge on any atom is -0.480 e. The molecule has 0 spiro atoms. The number of aromatic nitrogens is 2. The smallest absolute Gasteiger partial charge is 0.325 e. The summed E-state index contributed by atoms with van der Waals surface area (Å²) >= 11 is 3.86. The number of alkyl halides is 1. The van der Waals surface area contributed by atoms with Crippen LogP contribution in [0.4, 0.5) is 5.13 Å². The fourth-order valence-corrected chi connectivity index (χ4v) is 1.27. The van der Waals surface area contributed by atoms with Crippen LogP contribution in [0.3, 0.4) is 0 Å². The molecule has 0 aliphatic heterocycles. The van der Waals surface area contributed by atoms with E-state index in [4.69, 9.17) is 10.8 Å². The molecule has 0 aromatic carbocycles. The molecule has 7 heteroatoms. The Morgan fingerprint density at radius 2 is 2.45 bits per heavy atom. The molecular weight excluding hydrogens is 234 g/mol. The van der Waals surface area contributed by atoms with Gasteiger partial charge in [0.05, 0.1) is 0 Å². The maximum absolute atomic E-state index is 10.3. The maximum Gasteiger partial charge on any atom is 0.325 e. The van der Waals surface area contributed by atoms with E-state index in [1.54, 1.807) is 0 Å².